The molecule has 26 heavy (non-hydrogen) atoms. The van der Waals surface area contributed by atoms with Crippen LogP contribution in [0.5, 0.6) is 0 Å². The van der Waals surface area contributed by atoms with Gasteiger partial charge in [0.1, 0.15) is 0 Å². The van der Waals surface area contributed by atoms with Crippen LogP contribution in [0.15, 0.2) is 46.8 Å². The number of allylic oxidation sites excluding steroid dienone is 3. The fraction of sp³-hybridized carbons (Fsp3) is 0.455. The molecule has 1 aromatic rings. The summed E-state index contributed by atoms with van der Waals surface area (Å²) < 4.78 is 5.32. The maximum atomic E-state index is 13.1. The summed E-state index contributed by atoms with van der Waals surface area (Å²) in [5.41, 5.74) is 4.99. The third-order valence-corrected chi connectivity index (χ3v) is 5.11. The number of ether oxygens (including phenoxy) is 1. The smallest absolute Gasteiger partial charge is 0.336 e. The molecule has 1 aliphatic carbocycles. The van der Waals surface area contributed by atoms with E-state index in [0.29, 0.717) is 18.6 Å². The van der Waals surface area contributed by atoms with Crippen LogP contribution in [0, 0.1) is 12.3 Å². The summed E-state index contributed by atoms with van der Waals surface area (Å²) in [6, 6.07) is 8.04. The molecule has 0 amide bonds. The zero-order valence-electron chi connectivity index (χ0n) is 16.2. The van der Waals surface area contributed by atoms with Crippen LogP contribution in [0.2, 0.25) is 0 Å². The molecular formula is C22H27NO3. The highest BCUT2D eigenvalue weighted by molar-refractivity contribution is 6.04. The SMILES string of the molecule is CCOC(=O)C1=C(C)NC2=C(C(=O)CC(C)(C)C2)C1c1cccc(C)c1. The Balaban J connectivity index is 2.18. The normalized spacial score (nSPS) is 22.0. The van der Waals surface area contributed by atoms with Crippen molar-refractivity contribution in [2.24, 2.45) is 5.41 Å². The van der Waals surface area contributed by atoms with E-state index in [0.717, 1.165) is 34.5 Å². The van der Waals surface area contributed by atoms with Gasteiger partial charge >= 0.3 is 5.97 Å². The van der Waals surface area contributed by atoms with Gasteiger partial charge in [-0.1, -0.05) is 43.7 Å². The number of Topliss-reactive ketones (excluding diaryl/α,β-unsaturated/α-hetero) is 1. The van der Waals surface area contributed by atoms with E-state index in [1.807, 2.05) is 32.0 Å². The van der Waals surface area contributed by atoms with Crippen LogP contribution < -0.4 is 5.32 Å². The van der Waals surface area contributed by atoms with Crippen molar-refractivity contribution in [1.29, 1.82) is 0 Å². The van der Waals surface area contributed by atoms with Crippen molar-refractivity contribution >= 4 is 11.8 Å². The number of hydrogen-bond donors (Lipinski definition) is 1. The Morgan fingerprint density at radius 2 is 2.00 bits per heavy atom. The van der Waals surface area contributed by atoms with E-state index in [1.54, 1.807) is 6.92 Å². The topological polar surface area (TPSA) is 55.4 Å². The van der Waals surface area contributed by atoms with Gasteiger partial charge in [-0.2, -0.15) is 0 Å². The second kappa shape index (κ2) is 6.75. The summed E-state index contributed by atoms with van der Waals surface area (Å²) in [4.78, 5) is 25.8. The quantitative estimate of drug-likeness (QED) is 0.829. The molecule has 3 rings (SSSR count). The summed E-state index contributed by atoms with van der Waals surface area (Å²) in [7, 11) is 0. The molecule has 0 saturated heterocycles. The van der Waals surface area contributed by atoms with Gasteiger partial charge in [-0.25, -0.2) is 4.79 Å². The molecule has 1 N–H and O–H groups in total. The van der Waals surface area contributed by atoms with Crippen molar-refractivity contribution in [2.45, 2.75) is 53.4 Å². The second-order valence-corrected chi connectivity index (χ2v) is 8.06. The van der Waals surface area contributed by atoms with E-state index in [9.17, 15) is 9.59 Å². The van der Waals surface area contributed by atoms with Gasteiger partial charge in [0.05, 0.1) is 12.2 Å². The predicted molar refractivity (Wildman–Crippen MR) is 101 cm³/mol. The van der Waals surface area contributed by atoms with Crippen molar-refractivity contribution in [3.63, 3.8) is 0 Å². The number of dihydropyridines is 1. The highest BCUT2D eigenvalue weighted by Gasteiger charge is 2.43. The molecule has 138 valence electrons. The molecule has 0 bridgehead atoms. The third kappa shape index (κ3) is 3.33. The third-order valence-electron chi connectivity index (χ3n) is 5.11. The van der Waals surface area contributed by atoms with Crippen molar-refractivity contribution in [2.75, 3.05) is 6.61 Å². The standard InChI is InChI=1S/C22H27NO3/c1-6-26-21(25)18-14(3)23-16-11-22(4,5)12-17(24)20(16)19(18)15-9-7-8-13(2)10-15/h7-10,19,23H,6,11-12H2,1-5H3. The zero-order chi connectivity index (χ0) is 19.1. The van der Waals surface area contributed by atoms with Gasteiger partial charge in [0.2, 0.25) is 0 Å². The summed E-state index contributed by atoms with van der Waals surface area (Å²) >= 11 is 0. The van der Waals surface area contributed by atoms with Crippen molar-refractivity contribution in [3.05, 3.63) is 57.9 Å². The largest absolute Gasteiger partial charge is 0.463 e. The lowest BCUT2D eigenvalue weighted by Crippen LogP contribution is -2.38. The molecule has 1 heterocycles. The number of esters is 1. The second-order valence-electron chi connectivity index (χ2n) is 8.06. The van der Waals surface area contributed by atoms with Gasteiger partial charge in [0.15, 0.2) is 5.78 Å². The summed E-state index contributed by atoms with van der Waals surface area (Å²) in [6.07, 6.45) is 1.29. The monoisotopic (exact) mass is 353 g/mol. The van der Waals surface area contributed by atoms with Crippen LogP contribution in [-0.4, -0.2) is 18.4 Å². The van der Waals surface area contributed by atoms with Crippen molar-refractivity contribution in [1.82, 2.24) is 5.32 Å². The van der Waals surface area contributed by atoms with Crippen LogP contribution in [-0.2, 0) is 14.3 Å². The lowest BCUT2D eigenvalue weighted by atomic mass is 9.68. The highest BCUT2D eigenvalue weighted by atomic mass is 16.5. The minimum absolute atomic E-state index is 0.0816. The summed E-state index contributed by atoms with van der Waals surface area (Å²) in [6.45, 7) is 10.2. The fourth-order valence-corrected chi connectivity index (χ4v) is 4.10. The Bertz CT molecular complexity index is 830. The van der Waals surface area contributed by atoms with E-state index in [2.05, 4.69) is 25.2 Å². The van der Waals surface area contributed by atoms with Gasteiger partial charge in [-0.3, -0.25) is 4.79 Å². The number of carbonyl (C=O) groups is 2. The van der Waals surface area contributed by atoms with Crippen LogP contribution in [0.1, 0.15) is 57.6 Å². The summed E-state index contributed by atoms with van der Waals surface area (Å²) in [5.74, 6) is -0.605. The van der Waals surface area contributed by atoms with Gasteiger partial charge < -0.3 is 10.1 Å². The fourth-order valence-electron chi connectivity index (χ4n) is 4.10. The molecule has 0 fully saturated rings. The Morgan fingerprint density at radius 3 is 2.65 bits per heavy atom. The summed E-state index contributed by atoms with van der Waals surface area (Å²) in [5, 5.41) is 3.35. The average molecular weight is 353 g/mol. The van der Waals surface area contributed by atoms with Crippen LogP contribution >= 0.6 is 0 Å². The van der Waals surface area contributed by atoms with Gasteiger partial charge in [0.25, 0.3) is 0 Å². The van der Waals surface area contributed by atoms with Crippen molar-refractivity contribution in [3.8, 4) is 0 Å². The maximum Gasteiger partial charge on any atom is 0.336 e. The van der Waals surface area contributed by atoms with Gasteiger partial charge in [-0.15, -0.1) is 0 Å². The van der Waals surface area contributed by atoms with E-state index < -0.39 is 0 Å². The first-order chi connectivity index (χ1) is 12.2. The number of rotatable bonds is 3. The Kier molecular flexibility index (Phi) is 4.78. The molecule has 1 unspecified atom stereocenters. The van der Waals surface area contributed by atoms with E-state index in [1.165, 1.54) is 0 Å². The minimum atomic E-state index is -0.367. The molecule has 1 aliphatic heterocycles. The van der Waals surface area contributed by atoms with E-state index in [-0.39, 0.29) is 23.1 Å². The first kappa shape index (κ1) is 18.4. The number of carbonyl (C=O) groups excluding carboxylic acids is 2. The molecule has 0 radical (unpaired) electrons. The van der Waals surface area contributed by atoms with Crippen LogP contribution in [0.4, 0.5) is 0 Å². The molecule has 0 aromatic heterocycles. The maximum absolute atomic E-state index is 13.1. The Hall–Kier alpha value is -2.36. The zero-order valence-corrected chi connectivity index (χ0v) is 16.2. The van der Waals surface area contributed by atoms with Crippen molar-refractivity contribution < 1.29 is 14.3 Å². The number of hydrogen-bond acceptors (Lipinski definition) is 4. The molecular weight excluding hydrogens is 326 g/mol. The lowest BCUT2D eigenvalue weighted by Gasteiger charge is -2.39. The first-order valence-corrected chi connectivity index (χ1v) is 9.21. The minimum Gasteiger partial charge on any atom is -0.463 e. The molecule has 1 atom stereocenters. The number of benzene rings is 1. The Labute approximate surface area is 155 Å². The molecule has 0 spiro atoms. The van der Waals surface area contributed by atoms with Crippen LogP contribution in [0.3, 0.4) is 0 Å². The molecule has 0 saturated carbocycles. The molecule has 4 heteroatoms. The number of nitrogens with one attached hydrogen (secondary N) is 1. The van der Waals surface area contributed by atoms with E-state index >= 15 is 0 Å². The van der Waals surface area contributed by atoms with E-state index in [4.69, 9.17) is 4.74 Å². The highest BCUT2D eigenvalue weighted by Crippen LogP contribution is 2.46. The number of aryl methyl sites for hydroxylation is 1. The van der Waals surface area contributed by atoms with Crippen LogP contribution in [0.25, 0.3) is 0 Å². The average Bonchev–Trinajstić information content (AvgIpc) is 2.52. The Morgan fingerprint density at radius 1 is 1.27 bits per heavy atom. The predicted octanol–water partition coefficient (Wildman–Crippen LogP) is 4.16. The van der Waals surface area contributed by atoms with Gasteiger partial charge in [0, 0.05) is 29.3 Å². The lowest BCUT2D eigenvalue weighted by molar-refractivity contribution is -0.138. The first-order valence-electron chi connectivity index (χ1n) is 9.21. The molecule has 1 aromatic carbocycles. The number of ketones is 1. The molecule has 2 aliphatic rings. The van der Waals surface area contributed by atoms with Gasteiger partial charge in [-0.05, 0) is 38.2 Å². The molecule has 4 nitrogen and oxygen atoms in total.